The lowest BCUT2D eigenvalue weighted by molar-refractivity contribution is -0.129. The summed E-state index contributed by atoms with van der Waals surface area (Å²) in [5.74, 6) is 0.694. The van der Waals surface area contributed by atoms with Gasteiger partial charge in [0, 0.05) is 79.5 Å². The van der Waals surface area contributed by atoms with E-state index in [1.165, 1.54) is 29.6 Å². The lowest BCUT2D eigenvalue weighted by Gasteiger charge is -2.34. The van der Waals surface area contributed by atoms with Crippen molar-refractivity contribution >= 4 is 22.8 Å². The molecule has 2 amide bonds. The second-order valence-electron chi connectivity index (χ2n) is 12.0. The van der Waals surface area contributed by atoms with Gasteiger partial charge in [0.05, 0.1) is 11.7 Å². The Morgan fingerprint density at radius 1 is 1.03 bits per heavy atom. The van der Waals surface area contributed by atoms with Crippen LogP contribution in [-0.4, -0.2) is 61.8 Å². The number of hydrogen-bond donors (Lipinski definition) is 0. The van der Waals surface area contributed by atoms with E-state index in [-0.39, 0.29) is 18.0 Å². The molecule has 0 unspecified atom stereocenters. The molecular weight excluding hydrogens is 478 g/mol. The van der Waals surface area contributed by atoms with Gasteiger partial charge >= 0.3 is 6.09 Å². The third kappa shape index (κ3) is 4.76. The molecule has 6 rings (SSSR count). The molecule has 4 heterocycles. The first-order chi connectivity index (χ1) is 18.2. The molecule has 8 nitrogen and oxygen atoms in total. The summed E-state index contributed by atoms with van der Waals surface area (Å²) in [5, 5.41) is 7.53. The summed E-state index contributed by atoms with van der Waals surface area (Å²) in [7, 11) is 0. The predicted molar refractivity (Wildman–Crippen MR) is 146 cm³/mol. The molecule has 1 aromatic carbocycles. The topological polar surface area (TPSA) is 80.6 Å². The third-order valence-corrected chi connectivity index (χ3v) is 8.03. The predicted octanol–water partition coefficient (Wildman–Crippen LogP) is 5.45. The van der Waals surface area contributed by atoms with E-state index in [4.69, 9.17) is 14.8 Å². The van der Waals surface area contributed by atoms with Crippen molar-refractivity contribution < 1.29 is 14.3 Å². The number of benzene rings is 1. The molecule has 200 valence electrons. The average molecular weight is 516 g/mol. The maximum Gasteiger partial charge on any atom is 0.410 e. The highest BCUT2D eigenvalue weighted by Crippen LogP contribution is 2.41. The number of pyridine rings is 1. The number of aromatic nitrogens is 3. The van der Waals surface area contributed by atoms with E-state index in [0.29, 0.717) is 32.1 Å². The zero-order valence-electron chi connectivity index (χ0n) is 22.9. The molecule has 0 radical (unpaired) electrons. The number of carbonyl (C=O) groups is 2. The van der Waals surface area contributed by atoms with E-state index in [9.17, 15) is 9.59 Å². The number of amides is 2. The van der Waals surface area contributed by atoms with Gasteiger partial charge in [0.1, 0.15) is 5.60 Å². The molecule has 2 aromatic heterocycles. The second kappa shape index (κ2) is 9.40. The maximum atomic E-state index is 12.6. The fourth-order valence-electron chi connectivity index (χ4n) is 5.85. The van der Waals surface area contributed by atoms with Crippen molar-refractivity contribution in [1.29, 1.82) is 0 Å². The Morgan fingerprint density at radius 2 is 1.79 bits per heavy atom. The minimum absolute atomic E-state index is 0.0914. The van der Waals surface area contributed by atoms with E-state index in [2.05, 4.69) is 28.9 Å². The first-order valence-electron chi connectivity index (χ1n) is 13.9. The highest BCUT2D eigenvalue weighted by molar-refractivity contribution is 5.96. The molecule has 1 saturated heterocycles. The number of rotatable bonds is 3. The Kier molecular flexibility index (Phi) is 6.16. The summed E-state index contributed by atoms with van der Waals surface area (Å²) in [6.45, 7) is 9.89. The average Bonchev–Trinajstić information content (AvgIpc) is 3.67. The van der Waals surface area contributed by atoms with Gasteiger partial charge in [0.2, 0.25) is 5.91 Å². The molecule has 1 aliphatic carbocycles. The fourth-order valence-corrected chi connectivity index (χ4v) is 5.85. The van der Waals surface area contributed by atoms with Crippen LogP contribution in [-0.2, 0) is 22.5 Å². The lowest BCUT2D eigenvalue weighted by atomic mass is 9.96. The van der Waals surface area contributed by atoms with Crippen LogP contribution in [0.4, 0.5) is 4.79 Å². The Hall–Kier alpha value is -3.42. The van der Waals surface area contributed by atoms with Crippen molar-refractivity contribution in [3.05, 3.63) is 47.4 Å². The highest BCUT2D eigenvalue weighted by atomic mass is 16.6. The summed E-state index contributed by atoms with van der Waals surface area (Å²) in [5.41, 5.74) is 5.06. The standard InChI is InChI=1S/C30H37N5O3/c1-19(36)34-15-12-27-25(18-34)28(23-7-5-6-21-16-26(20-8-9-20)31-17-24(21)23)32-35(27)22-10-13-33(14-11-22)29(37)38-30(2,3)4/h5-7,16-17,20,22H,8-15,18H2,1-4H3. The first-order valence-corrected chi connectivity index (χ1v) is 13.9. The van der Waals surface area contributed by atoms with Crippen molar-refractivity contribution in [3.63, 3.8) is 0 Å². The van der Waals surface area contributed by atoms with Crippen LogP contribution in [0.15, 0.2) is 30.5 Å². The number of ether oxygens (including phenoxy) is 1. The minimum atomic E-state index is -0.501. The second-order valence-corrected chi connectivity index (χ2v) is 12.0. The number of carbonyl (C=O) groups excluding carboxylic acids is 2. The van der Waals surface area contributed by atoms with E-state index in [0.717, 1.165) is 41.5 Å². The van der Waals surface area contributed by atoms with Crippen LogP contribution in [0, 0.1) is 0 Å². The Bertz CT molecular complexity index is 1390. The number of nitrogens with zero attached hydrogens (tertiary/aromatic N) is 5. The summed E-state index contributed by atoms with van der Waals surface area (Å²) >= 11 is 0. The van der Waals surface area contributed by atoms with Crippen LogP contribution in [0.3, 0.4) is 0 Å². The lowest BCUT2D eigenvalue weighted by Crippen LogP contribution is -2.42. The largest absolute Gasteiger partial charge is 0.444 e. The van der Waals surface area contributed by atoms with Gasteiger partial charge in [-0.3, -0.25) is 14.5 Å². The van der Waals surface area contributed by atoms with E-state index < -0.39 is 5.60 Å². The summed E-state index contributed by atoms with van der Waals surface area (Å²) in [6.07, 6.45) is 6.64. The Labute approximate surface area is 224 Å². The molecular formula is C30H37N5O3. The first kappa shape index (κ1) is 24.9. The monoisotopic (exact) mass is 515 g/mol. The van der Waals surface area contributed by atoms with Crippen LogP contribution in [0.1, 0.15) is 82.3 Å². The van der Waals surface area contributed by atoms with Gasteiger partial charge in [-0.25, -0.2) is 4.79 Å². The molecule has 38 heavy (non-hydrogen) atoms. The molecule has 2 aliphatic heterocycles. The number of hydrogen-bond acceptors (Lipinski definition) is 5. The van der Waals surface area contributed by atoms with Crippen molar-refractivity contribution in [1.82, 2.24) is 24.6 Å². The normalized spacial score (nSPS) is 18.5. The molecule has 0 N–H and O–H groups in total. The van der Waals surface area contributed by atoms with Gasteiger partial charge in [-0.05, 0) is 57.9 Å². The Balaban J connectivity index is 1.34. The fraction of sp³-hybridized carbons (Fsp3) is 0.533. The minimum Gasteiger partial charge on any atom is -0.444 e. The van der Waals surface area contributed by atoms with E-state index >= 15 is 0 Å². The van der Waals surface area contributed by atoms with Crippen molar-refractivity contribution in [2.75, 3.05) is 19.6 Å². The Morgan fingerprint density at radius 3 is 2.47 bits per heavy atom. The summed E-state index contributed by atoms with van der Waals surface area (Å²) in [4.78, 5) is 33.5. The van der Waals surface area contributed by atoms with Gasteiger partial charge in [0.15, 0.2) is 0 Å². The van der Waals surface area contributed by atoms with E-state index in [1.807, 2.05) is 36.8 Å². The van der Waals surface area contributed by atoms with Crippen LogP contribution < -0.4 is 0 Å². The quantitative estimate of drug-likeness (QED) is 0.463. The molecule has 1 saturated carbocycles. The van der Waals surface area contributed by atoms with Crippen molar-refractivity contribution in [3.8, 4) is 11.3 Å². The van der Waals surface area contributed by atoms with Gasteiger partial charge in [0.25, 0.3) is 0 Å². The zero-order chi connectivity index (χ0) is 26.6. The van der Waals surface area contributed by atoms with Gasteiger partial charge in [-0.2, -0.15) is 5.10 Å². The molecule has 0 spiro atoms. The van der Waals surface area contributed by atoms with Gasteiger partial charge < -0.3 is 14.5 Å². The molecule has 0 atom stereocenters. The third-order valence-electron chi connectivity index (χ3n) is 8.03. The van der Waals surface area contributed by atoms with Gasteiger partial charge in [-0.15, -0.1) is 0 Å². The van der Waals surface area contributed by atoms with Crippen LogP contribution in [0.2, 0.25) is 0 Å². The summed E-state index contributed by atoms with van der Waals surface area (Å²) in [6, 6.07) is 8.82. The maximum absolute atomic E-state index is 12.6. The van der Waals surface area contributed by atoms with Crippen molar-refractivity contribution in [2.24, 2.45) is 0 Å². The molecule has 3 aliphatic rings. The van der Waals surface area contributed by atoms with Crippen LogP contribution in [0.25, 0.3) is 22.0 Å². The smallest absolute Gasteiger partial charge is 0.410 e. The molecule has 0 bridgehead atoms. The summed E-state index contributed by atoms with van der Waals surface area (Å²) < 4.78 is 7.80. The SMILES string of the molecule is CC(=O)N1CCc2c(c(-c3cccc4cc(C5CC5)ncc34)nn2C2CCN(C(=O)OC(C)(C)C)CC2)C1. The number of fused-ring (bicyclic) bond motifs is 2. The highest BCUT2D eigenvalue weighted by Gasteiger charge is 2.33. The van der Waals surface area contributed by atoms with E-state index in [1.54, 1.807) is 6.92 Å². The van der Waals surface area contributed by atoms with Crippen molar-refractivity contribution in [2.45, 2.75) is 83.9 Å². The molecule has 3 aromatic rings. The van der Waals surface area contributed by atoms with Crippen LogP contribution in [0.5, 0.6) is 0 Å². The number of likely N-dealkylation sites (tertiary alicyclic amines) is 1. The van der Waals surface area contributed by atoms with Gasteiger partial charge in [-0.1, -0.05) is 18.2 Å². The molecule has 8 heteroatoms. The molecule has 2 fully saturated rings. The zero-order valence-corrected chi connectivity index (χ0v) is 22.9. The number of piperidine rings is 1. The van der Waals surface area contributed by atoms with Crippen LogP contribution >= 0.6 is 0 Å².